The Balaban J connectivity index is 2.38. The van der Waals surface area contributed by atoms with E-state index in [0.29, 0.717) is 26.2 Å². The van der Waals surface area contributed by atoms with Gasteiger partial charge in [0.05, 0.1) is 20.3 Å². The average molecular weight is 293 g/mol. The van der Waals surface area contributed by atoms with E-state index in [1.165, 1.54) is 6.08 Å². The molecule has 0 aliphatic carbocycles. The second-order valence-corrected chi connectivity index (χ2v) is 4.56. The minimum absolute atomic E-state index is 0.0213. The molecule has 0 heterocycles. The summed E-state index contributed by atoms with van der Waals surface area (Å²) in [4.78, 5) is 11.7. The highest BCUT2D eigenvalue weighted by Gasteiger charge is 2.01. The highest BCUT2D eigenvalue weighted by atomic mass is 16.5. The molecule has 0 spiro atoms. The van der Waals surface area contributed by atoms with Crippen LogP contribution < -0.4 is 10.1 Å². The molecule has 1 aromatic carbocycles. The van der Waals surface area contributed by atoms with Crippen molar-refractivity contribution in [1.29, 1.82) is 0 Å². The van der Waals surface area contributed by atoms with Crippen LogP contribution in [0.2, 0.25) is 0 Å². The highest BCUT2D eigenvalue weighted by molar-refractivity contribution is 5.92. The Labute approximate surface area is 125 Å². The van der Waals surface area contributed by atoms with Gasteiger partial charge >= 0.3 is 0 Å². The summed E-state index contributed by atoms with van der Waals surface area (Å²) in [5, 5.41) is 11.3. The Morgan fingerprint density at radius 2 is 2.19 bits per heavy atom. The lowest BCUT2D eigenvalue weighted by Crippen LogP contribution is -2.23. The number of benzene rings is 1. The summed E-state index contributed by atoms with van der Waals surface area (Å²) >= 11 is 0. The van der Waals surface area contributed by atoms with Crippen LogP contribution in [0, 0.1) is 6.92 Å². The molecule has 2 N–H and O–H groups in total. The number of methoxy groups -OCH3 is 1. The molecule has 0 aromatic heterocycles. The largest absolute Gasteiger partial charge is 0.496 e. The minimum atomic E-state index is -0.152. The fourth-order valence-electron chi connectivity index (χ4n) is 1.76. The Kier molecular flexibility index (Phi) is 8.16. The van der Waals surface area contributed by atoms with E-state index >= 15 is 0 Å². The first kappa shape index (κ1) is 17.2. The zero-order valence-electron chi connectivity index (χ0n) is 12.6. The summed E-state index contributed by atoms with van der Waals surface area (Å²) in [7, 11) is 1.61. The first-order chi connectivity index (χ1) is 10.2. The van der Waals surface area contributed by atoms with Crippen molar-refractivity contribution in [1.82, 2.24) is 5.32 Å². The molecule has 1 rings (SSSR count). The molecule has 0 saturated carbocycles. The minimum Gasteiger partial charge on any atom is -0.496 e. The lowest BCUT2D eigenvalue weighted by molar-refractivity contribution is -0.116. The summed E-state index contributed by atoms with van der Waals surface area (Å²) in [6, 6.07) is 5.80. The molecule has 21 heavy (non-hydrogen) atoms. The van der Waals surface area contributed by atoms with Gasteiger partial charge in [0.15, 0.2) is 0 Å². The van der Waals surface area contributed by atoms with E-state index in [1.54, 1.807) is 13.2 Å². The maximum atomic E-state index is 11.7. The van der Waals surface area contributed by atoms with Crippen LogP contribution in [0.5, 0.6) is 5.75 Å². The number of ether oxygens (including phenoxy) is 2. The molecule has 0 radical (unpaired) electrons. The number of hydrogen-bond acceptors (Lipinski definition) is 4. The van der Waals surface area contributed by atoms with Crippen LogP contribution >= 0.6 is 0 Å². The van der Waals surface area contributed by atoms with Crippen LogP contribution in [0.15, 0.2) is 24.3 Å². The van der Waals surface area contributed by atoms with E-state index in [1.807, 2.05) is 25.1 Å². The van der Waals surface area contributed by atoms with Crippen LogP contribution in [0.25, 0.3) is 6.08 Å². The Hall–Kier alpha value is -1.85. The Morgan fingerprint density at radius 1 is 1.38 bits per heavy atom. The summed E-state index contributed by atoms with van der Waals surface area (Å²) < 4.78 is 10.4. The lowest BCUT2D eigenvalue weighted by Gasteiger charge is -2.06. The van der Waals surface area contributed by atoms with Crippen molar-refractivity contribution in [3.05, 3.63) is 35.4 Å². The molecule has 116 valence electrons. The standard InChI is InChI=1S/C16H23NO4/c1-13-4-6-15(20-2)14(12-13)5-7-16(19)17-8-3-10-21-11-9-18/h4-7,12,18H,3,8-11H2,1-2H3,(H,17,19)/b7-5+. The van der Waals surface area contributed by atoms with Crippen LogP contribution in [-0.2, 0) is 9.53 Å². The van der Waals surface area contributed by atoms with Gasteiger partial charge in [0.1, 0.15) is 5.75 Å². The van der Waals surface area contributed by atoms with E-state index in [9.17, 15) is 4.79 Å². The third-order valence-electron chi connectivity index (χ3n) is 2.80. The summed E-state index contributed by atoms with van der Waals surface area (Å²) in [5.41, 5.74) is 1.98. The zero-order chi connectivity index (χ0) is 15.5. The number of carbonyl (C=O) groups is 1. The van der Waals surface area contributed by atoms with Gasteiger partial charge in [-0.2, -0.15) is 0 Å². The van der Waals surface area contributed by atoms with Gasteiger partial charge in [-0.1, -0.05) is 11.6 Å². The average Bonchev–Trinajstić information content (AvgIpc) is 2.49. The predicted molar refractivity (Wildman–Crippen MR) is 82.3 cm³/mol. The lowest BCUT2D eigenvalue weighted by atomic mass is 10.1. The number of aryl methyl sites for hydroxylation is 1. The highest BCUT2D eigenvalue weighted by Crippen LogP contribution is 2.20. The molecule has 0 fully saturated rings. The van der Waals surface area contributed by atoms with Crippen LogP contribution in [0.1, 0.15) is 17.5 Å². The molecule has 0 unspecified atom stereocenters. The topological polar surface area (TPSA) is 67.8 Å². The molecule has 0 atom stereocenters. The van der Waals surface area contributed by atoms with Gasteiger partial charge < -0.3 is 19.9 Å². The van der Waals surface area contributed by atoms with Gasteiger partial charge in [-0.15, -0.1) is 0 Å². The van der Waals surface area contributed by atoms with Crippen molar-refractivity contribution in [2.24, 2.45) is 0 Å². The van der Waals surface area contributed by atoms with E-state index in [2.05, 4.69) is 5.32 Å². The number of nitrogens with one attached hydrogen (secondary N) is 1. The van der Waals surface area contributed by atoms with Gasteiger partial charge in [-0.3, -0.25) is 4.79 Å². The van der Waals surface area contributed by atoms with E-state index < -0.39 is 0 Å². The summed E-state index contributed by atoms with van der Waals surface area (Å²) in [6.45, 7) is 3.41. The fraction of sp³-hybridized carbons (Fsp3) is 0.438. The molecule has 0 saturated heterocycles. The fourth-order valence-corrected chi connectivity index (χ4v) is 1.76. The molecule has 5 nitrogen and oxygen atoms in total. The van der Waals surface area contributed by atoms with Crippen molar-refractivity contribution in [2.75, 3.05) is 33.5 Å². The van der Waals surface area contributed by atoms with E-state index in [0.717, 1.165) is 16.9 Å². The molecule has 0 aliphatic rings. The SMILES string of the molecule is COc1ccc(C)cc1/C=C/C(=O)NCCCOCCO. The van der Waals surface area contributed by atoms with Gasteiger partial charge in [0.25, 0.3) is 0 Å². The van der Waals surface area contributed by atoms with Gasteiger partial charge in [0, 0.05) is 24.8 Å². The number of hydrogen-bond donors (Lipinski definition) is 2. The van der Waals surface area contributed by atoms with Crippen molar-refractivity contribution in [3.8, 4) is 5.75 Å². The van der Waals surface area contributed by atoms with Crippen LogP contribution in [0.3, 0.4) is 0 Å². The van der Waals surface area contributed by atoms with Gasteiger partial charge in [0.2, 0.25) is 5.91 Å². The van der Waals surface area contributed by atoms with Crippen molar-refractivity contribution < 1.29 is 19.4 Å². The van der Waals surface area contributed by atoms with E-state index in [-0.39, 0.29) is 12.5 Å². The first-order valence-corrected chi connectivity index (χ1v) is 6.96. The van der Waals surface area contributed by atoms with Crippen molar-refractivity contribution in [3.63, 3.8) is 0 Å². The first-order valence-electron chi connectivity index (χ1n) is 6.96. The second kappa shape index (κ2) is 9.96. The number of aliphatic hydroxyl groups is 1. The number of rotatable bonds is 9. The Morgan fingerprint density at radius 3 is 2.90 bits per heavy atom. The van der Waals surface area contributed by atoms with Crippen molar-refractivity contribution >= 4 is 12.0 Å². The number of amides is 1. The van der Waals surface area contributed by atoms with Gasteiger partial charge in [-0.25, -0.2) is 0 Å². The summed E-state index contributed by atoms with van der Waals surface area (Å²) in [6.07, 6.45) is 3.95. The molecule has 0 bridgehead atoms. The zero-order valence-corrected chi connectivity index (χ0v) is 12.6. The normalized spacial score (nSPS) is 10.8. The van der Waals surface area contributed by atoms with Crippen LogP contribution in [-0.4, -0.2) is 44.5 Å². The van der Waals surface area contributed by atoms with Crippen molar-refractivity contribution in [2.45, 2.75) is 13.3 Å². The van der Waals surface area contributed by atoms with Gasteiger partial charge in [-0.05, 0) is 31.6 Å². The predicted octanol–water partition coefficient (Wildman–Crippen LogP) is 1.53. The molecular weight excluding hydrogens is 270 g/mol. The van der Waals surface area contributed by atoms with Crippen LogP contribution in [0.4, 0.5) is 0 Å². The maximum Gasteiger partial charge on any atom is 0.244 e. The molecule has 5 heteroatoms. The maximum absolute atomic E-state index is 11.7. The number of carbonyl (C=O) groups excluding carboxylic acids is 1. The Bertz CT molecular complexity index is 471. The molecule has 1 amide bonds. The van der Waals surface area contributed by atoms with E-state index in [4.69, 9.17) is 14.6 Å². The third-order valence-corrected chi connectivity index (χ3v) is 2.80. The molecular formula is C16H23NO4. The summed E-state index contributed by atoms with van der Waals surface area (Å²) in [5.74, 6) is 0.586. The second-order valence-electron chi connectivity index (χ2n) is 4.56. The quantitative estimate of drug-likeness (QED) is 0.535. The third kappa shape index (κ3) is 6.92. The number of aliphatic hydroxyl groups excluding tert-OH is 1. The molecule has 1 aromatic rings. The smallest absolute Gasteiger partial charge is 0.244 e. The molecule has 0 aliphatic heterocycles. The monoisotopic (exact) mass is 293 g/mol.